The molecule has 0 amide bonds. The van der Waals surface area contributed by atoms with E-state index in [1.165, 1.54) is 167 Å². The maximum atomic E-state index is 12.9. The van der Waals surface area contributed by atoms with Crippen molar-refractivity contribution >= 4 is 17.9 Å². The smallest absolute Gasteiger partial charge is 0.306 e. The molecule has 1 atom stereocenters. The molecule has 0 aromatic rings. The molecule has 0 aromatic carbocycles. The number of unbranched alkanes of at least 4 members (excludes halogenated alkanes) is 31. The molecule has 0 saturated carbocycles. The predicted molar refractivity (Wildman–Crippen MR) is 316 cm³/mol. The topological polar surface area (TPSA) is 78.9 Å². The number of rotatable bonds is 56. The molecule has 0 fully saturated rings. The van der Waals surface area contributed by atoms with E-state index < -0.39 is 6.10 Å². The third-order valence-electron chi connectivity index (χ3n) is 13.4. The highest BCUT2D eigenvalue weighted by Crippen LogP contribution is 2.17. The fraction of sp³-hybridized carbons (Fsp3) is 0.746. The van der Waals surface area contributed by atoms with Gasteiger partial charge in [0.1, 0.15) is 13.2 Å². The molecule has 0 heterocycles. The lowest BCUT2D eigenvalue weighted by atomic mass is 10.0. The summed E-state index contributed by atoms with van der Waals surface area (Å²) in [7, 11) is 0. The van der Waals surface area contributed by atoms with Crippen LogP contribution in [0.2, 0.25) is 0 Å². The van der Waals surface area contributed by atoms with Crippen LogP contribution in [0, 0.1) is 0 Å². The molecule has 6 nitrogen and oxygen atoms in total. The second kappa shape index (κ2) is 61.1. The molecule has 0 unspecified atom stereocenters. The average molecular weight is 1020 g/mol. The number of carbonyl (C=O) groups excluding carboxylic acids is 3. The van der Waals surface area contributed by atoms with Gasteiger partial charge >= 0.3 is 17.9 Å². The van der Waals surface area contributed by atoms with E-state index in [0.717, 1.165) is 89.9 Å². The number of hydrogen-bond donors (Lipinski definition) is 0. The van der Waals surface area contributed by atoms with Crippen LogP contribution in [-0.2, 0) is 28.6 Å². The summed E-state index contributed by atoms with van der Waals surface area (Å²) in [6.45, 7) is 6.48. The van der Waals surface area contributed by atoms with Crippen LogP contribution in [0.5, 0.6) is 0 Å². The molecule has 73 heavy (non-hydrogen) atoms. The van der Waals surface area contributed by atoms with Gasteiger partial charge in [-0.3, -0.25) is 14.4 Å². The largest absolute Gasteiger partial charge is 0.462 e. The van der Waals surface area contributed by atoms with Crippen LogP contribution in [-0.4, -0.2) is 37.2 Å². The summed E-state index contributed by atoms with van der Waals surface area (Å²) in [6, 6.07) is 0. The maximum Gasteiger partial charge on any atom is 0.306 e. The quantitative estimate of drug-likeness (QED) is 0.0261. The summed E-state index contributed by atoms with van der Waals surface area (Å²) in [4.78, 5) is 38.3. The van der Waals surface area contributed by atoms with Gasteiger partial charge in [-0.05, 0) is 89.9 Å². The van der Waals surface area contributed by atoms with E-state index in [0.29, 0.717) is 19.3 Å². The van der Waals surface area contributed by atoms with Crippen molar-refractivity contribution < 1.29 is 28.6 Å². The second-order valence-corrected chi connectivity index (χ2v) is 20.6. The Morgan fingerprint density at radius 3 is 0.904 bits per heavy atom. The highest BCUT2D eigenvalue weighted by molar-refractivity contribution is 5.71. The van der Waals surface area contributed by atoms with Gasteiger partial charge in [0, 0.05) is 19.3 Å². The standard InChI is InChI=1S/C67H116O6/c1-4-7-10-13-16-19-22-25-28-31-32-33-34-37-39-42-45-48-51-54-57-60-66(69)72-63-64(73-67(70)61-58-55-52-49-46-43-40-36-30-27-24-21-18-15-12-9-6-3)62-71-65(68)59-56-53-50-47-44-41-38-35-29-26-23-20-17-14-11-8-5-2/h9,12,17-18,20-21,26-27,29-30,40,43,49,52,64H,4-8,10-11,13-16,19,22-25,28,31-39,41-42,44-48,50-51,53-63H2,1-3H3/b12-9-,20-17-,21-18-,29-26-,30-27-,43-40-,52-49-/t64-/m1/s1. The maximum absolute atomic E-state index is 12.9. The van der Waals surface area contributed by atoms with Crippen molar-refractivity contribution in [2.24, 2.45) is 0 Å². The Hall–Kier alpha value is -3.41. The molecule has 0 aliphatic rings. The third kappa shape index (κ3) is 59.3. The van der Waals surface area contributed by atoms with Crippen molar-refractivity contribution in [1.29, 1.82) is 0 Å². The van der Waals surface area contributed by atoms with Gasteiger partial charge in [0.25, 0.3) is 0 Å². The first-order valence-corrected chi connectivity index (χ1v) is 31.1. The van der Waals surface area contributed by atoms with Gasteiger partial charge in [-0.15, -0.1) is 0 Å². The molecule has 0 N–H and O–H groups in total. The van der Waals surface area contributed by atoms with Crippen molar-refractivity contribution in [3.63, 3.8) is 0 Å². The van der Waals surface area contributed by atoms with Gasteiger partial charge in [-0.1, -0.05) is 279 Å². The normalized spacial score (nSPS) is 12.6. The Balaban J connectivity index is 4.42. The van der Waals surface area contributed by atoms with E-state index in [1.807, 2.05) is 0 Å². The van der Waals surface area contributed by atoms with Crippen molar-refractivity contribution in [2.75, 3.05) is 13.2 Å². The summed E-state index contributed by atoms with van der Waals surface area (Å²) < 4.78 is 16.9. The fourth-order valence-electron chi connectivity index (χ4n) is 8.75. The Labute approximate surface area is 452 Å². The number of ether oxygens (including phenoxy) is 3. The molecule has 0 aromatic heterocycles. The summed E-state index contributed by atoms with van der Waals surface area (Å²) >= 11 is 0. The Bertz CT molecular complexity index is 1400. The number of allylic oxidation sites excluding steroid dienone is 14. The molecule has 420 valence electrons. The summed E-state index contributed by atoms with van der Waals surface area (Å²) in [5.41, 5.74) is 0. The Morgan fingerprint density at radius 1 is 0.288 bits per heavy atom. The van der Waals surface area contributed by atoms with Crippen molar-refractivity contribution in [1.82, 2.24) is 0 Å². The second-order valence-electron chi connectivity index (χ2n) is 20.6. The van der Waals surface area contributed by atoms with Gasteiger partial charge in [0.05, 0.1) is 0 Å². The SMILES string of the molecule is CC/C=C\C/C=C\C/C=C\C/C=C\C/C=C\CCCC(=O)O[C@H](COC(=O)CCCCCCCCC/C=C\C/C=C\CCCCC)COC(=O)CCCCCCCCCCCCCCCCCCCCCCC. The molecular formula is C67H116O6. The lowest BCUT2D eigenvalue weighted by Crippen LogP contribution is -2.30. The first kappa shape index (κ1) is 69.6. The molecular weight excluding hydrogens is 901 g/mol. The molecule has 0 radical (unpaired) electrons. The van der Waals surface area contributed by atoms with Crippen LogP contribution >= 0.6 is 0 Å². The summed E-state index contributed by atoms with van der Waals surface area (Å²) in [5.74, 6) is -0.955. The first-order chi connectivity index (χ1) is 36.0. The van der Waals surface area contributed by atoms with Gasteiger partial charge in [0.2, 0.25) is 0 Å². The average Bonchev–Trinajstić information content (AvgIpc) is 3.39. The minimum atomic E-state index is -0.810. The predicted octanol–water partition coefficient (Wildman–Crippen LogP) is 21.1. The molecule has 0 aliphatic carbocycles. The van der Waals surface area contributed by atoms with E-state index >= 15 is 0 Å². The fourth-order valence-corrected chi connectivity index (χ4v) is 8.75. The molecule has 6 heteroatoms. The number of hydrogen-bond acceptors (Lipinski definition) is 6. The summed E-state index contributed by atoms with van der Waals surface area (Å²) in [5, 5.41) is 0. The van der Waals surface area contributed by atoms with Crippen molar-refractivity contribution in [2.45, 2.75) is 309 Å². The van der Waals surface area contributed by atoms with Gasteiger partial charge < -0.3 is 14.2 Å². The van der Waals surface area contributed by atoms with Crippen LogP contribution in [0.1, 0.15) is 303 Å². The van der Waals surface area contributed by atoms with Crippen LogP contribution in [0.4, 0.5) is 0 Å². The van der Waals surface area contributed by atoms with E-state index in [-0.39, 0.29) is 37.5 Å². The molecule has 0 bridgehead atoms. The van der Waals surface area contributed by atoms with E-state index in [1.54, 1.807) is 0 Å². The van der Waals surface area contributed by atoms with E-state index in [4.69, 9.17) is 14.2 Å². The lowest BCUT2D eigenvalue weighted by Gasteiger charge is -2.18. The molecule has 0 saturated heterocycles. The van der Waals surface area contributed by atoms with Crippen LogP contribution in [0.3, 0.4) is 0 Å². The first-order valence-electron chi connectivity index (χ1n) is 31.1. The Kier molecular flexibility index (Phi) is 58.3. The zero-order valence-electron chi connectivity index (χ0n) is 48.1. The highest BCUT2D eigenvalue weighted by atomic mass is 16.6. The van der Waals surface area contributed by atoms with Crippen LogP contribution < -0.4 is 0 Å². The van der Waals surface area contributed by atoms with E-state index in [2.05, 4.69) is 106 Å². The lowest BCUT2D eigenvalue weighted by molar-refractivity contribution is -0.167. The zero-order valence-corrected chi connectivity index (χ0v) is 48.1. The molecule has 0 aliphatic heterocycles. The van der Waals surface area contributed by atoms with Crippen LogP contribution in [0.25, 0.3) is 0 Å². The van der Waals surface area contributed by atoms with Crippen LogP contribution in [0.15, 0.2) is 85.1 Å². The zero-order chi connectivity index (χ0) is 52.9. The monoisotopic (exact) mass is 1020 g/mol. The highest BCUT2D eigenvalue weighted by Gasteiger charge is 2.19. The number of carbonyl (C=O) groups is 3. The molecule has 0 rings (SSSR count). The molecule has 0 spiro atoms. The summed E-state index contributed by atoms with van der Waals surface area (Å²) in [6.07, 6.45) is 80.2. The van der Waals surface area contributed by atoms with Gasteiger partial charge in [-0.2, -0.15) is 0 Å². The minimum absolute atomic E-state index is 0.0994. The number of esters is 3. The Morgan fingerprint density at radius 2 is 0.548 bits per heavy atom. The van der Waals surface area contributed by atoms with Crippen molar-refractivity contribution in [3.8, 4) is 0 Å². The van der Waals surface area contributed by atoms with E-state index in [9.17, 15) is 14.4 Å². The van der Waals surface area contributed by atoms with Crippen molar-refractivity contribution in [3.05, 3.63) is 85.1 Å². The van der Waals surface area contributed by atoms with Gasteiger partial charge in [-0.25, -0.2) is 0 Å². The van der Waals surface area contributed by atoms with Gasteiger partial charge in [0.15, 0.2) is 6.10 Å². The minimum Gasteiger partial charge on any atom is -0.462 e. The third-order valence-corrected chi connectivity index (χ3v) is 13.4.